The molecule has 3 rings (SSSR count). The maximum atomic E-state index is 11.9. The number of hydrogen-bond acceptors (Lipinski definition) is 3. The Bertz CT molecular complexity index is 745. The highest BCUT2D eigenvalue weighted by molar-refractivity contribution is 5.91. The van der Waals surface area contributed by atoms with Gasteiger partial charge in [0.15, 0.2) is 0 Å². The van der Waals surface area contributed by atoms with Gasteiger partial charge in [0.1, 0.15) is 5.75 Å². The molecule has 22 heavy (non-hydrogen) atoms. The highest BCUT2D eigenvalue weighted by atomic mass is 16.5. The molecule has 0 aliphatic rings. The average Bonchev–Trinajstić information content (AvgIpc) is 2.91. The number of rotatable bonds is 5. The molecular weight excluding hydrogens is 278 g/mol. The van der Waals surface area contributed by atoms with Gasteiger partial charge in [-0.25, -0.2) is 4.98 Å². The number of carbonyl (C=O) groups is 1. The third kappa shape index (κ3) is 3.44. The molecular formula is C17H17N3O2. The predicted molar refractivity (Wildman–Crippen MR) is 86.0 cm³/mol. The van der Waals surface area contributed by atoms with Crippen molar-refractivity contribution in [1.82, 2.24) is 9.97 Å². The van der Waals surface area contributed by atoms with Crippen LogP contribution in [0.2, 0.25) is 0 Å². The van der Waals surface area contributed by atoms with E-state index in [0.717, 1.165) is 16.8 Å². The minimum Gasteiger partial charge on any atom is -0.493 e. The van der Waals surface area contributed by atoms with Crippen molar-refractivity contribution < 1.29 is 9.53 Å². The van der Waals surface area contributed by atoms with E-state index in [1.165, 1.54) is 5.56 Å². The van der Waals surface area contributed by atoms with Crippen LogP contribution >= 0.6 is 0 Å². The van der Waals surface area contributed by atoms with Crippen molar-refractivity contribution in [2.45, 2.75) is 13.3 Å². The van der Waals surface area contributed by atoms with E-state index in [2.05, 4.69) is 15.3 Å². The van der Waals surface area contributed by atoms with Crippen LogP contribution in [0.5, 0.6) is 5.75 Å². The lowest BCUT2D eigenvalue weighted by Gasteiger charge is -2.06. The van der Waals surface area contributed by atoms with Crippen molar-refractivity contribution in [3.63, 3.8) is 0 Å². The van der Waals surface area contributed by atoms with Gasteiger partial charge in [0.25, 0.3) is 0 Å². The molecule has 5 nitrogen and oxygen atoms in total. The Balaban J connectivity index is 1.50. The number of imidazole rings is 1. The molecule has 0 fully saturated rings. The van der Waals surface area contributed by atoms with E-state index in [1.807, 2.05) is 55.5 Å². The second kappa shape index (κ2) is 6.30. The van der Waals surface area contributed by atoms with Gasteiger partial charge in [0.2, 0.25) is 11.9 Å². The molecule has 0 aliphatic heterocycles. The van der Waals surface area contributed by atoms with E-state index in [1.54, 1.807) is 0 Å². The van der Waals surface area contributed by atoms with Crippen LogP contribution in [-0.2, 0) is 4.79 Å². The number of aromatic nitrogens is 2. The summed E-state index contributed by atoms with van der Waals surface area (Å²) in [4.78, 5) is 19.2. The summed E-state index contributed by atoms with van der Waals surface area (Å²) < 4.78 is 5.54. The van der Waals surface area contributed by atoms with Crippen molar-refractivity contribution in [2.75, 3.05) is 11.9 Å². The first-order valence-corrected chi connectivity index (χ1v) is 7.15. The van der Waals surface area contributed by atoms with Crippen LogP contribution in [0.4, 0.5) is 5.95 Å². The molecule has 0 unspecified atom stereocenters. The second-order valence-corrected chi connectivity index (χ2v) is 5.06. The molecule has 0 bridgehead atoms. The summed E-state index contributed by atoms with van der Waals surface area (Å²) in [5.41, 5.74) is 2.90. The normalized spacial score (nSPS) is 10.6. The summed E-state index contributed by atoms with van der Waals surface area (Å²) in [6, 6.07) is 15.4. The van der Waals surface area contributed by atoms with Gasteiger partial charge in [0, 0.05) is 0 Å². The molecule has 1 amide bonds. The average molecular weight is 295 g/mol. The van der Waals surface area contributed by atoms with Crippen molar-refractivity contribution >= 4 is 22.9 Å². The highest BCUT2D eigenvalue weighted by Gasteiger charge is 2.07. The number of benzene rings is 2. The van der Waals surface area contributed by atoms with Gasteiger partial charge in [0.05, 0.1) is 24.1 Å². The topological polar surface area (TPSA) is 67.0 Å². The Morgan fingerprint density at radius 3 is 2.73 bits per heavy atom. The number of nitrogens with zero attached hydrogens (tertiary/aromatic N) is 1. The Morgan fingerprint density at radius 2 is 1.95 bits per heavy atom. The lowest BCUT2D eigenvalue weighted by molar-refractivity contribution is -0.116. The number of aromatic amines is 1. The Labute approximate surface area is 128 Å². The zero-order valence-electron chi connectivity index (χ0n) is 12.3. The number of aryl methyl sites for hydroxylation is 1. The zero-order chi connectivity index (χ0) is 15.4. The lowest BCUT2D eigenvalue weighted by atomic mass is 10.2. The number of fused-ring (bicyclic) bond motifs is 1. The summed E-state index contributed by atoms with van der Waals surface area (Å²) in [5.74, 6) is 1.09. The molecule has 5 heteroatoms. The fourth-order valence-corrected chi connectivity index (χ4v) is 2.10. The third-order valence-corrected chi connectivity index (χ3v) is 3.27. The number of para-hydroxylation sites is 2. The van der Waals surface area contributed by atoms with Crippen molar-refractivity contribution in [2.24, 2.45) is 0 Å². The van der Waals surface area contributed by atoms with Gasteiger partial charge in [-0.3, -0.25) is 10.1 Å². The van der Waals surface area contributed by atoms with Gasteiger partial charge in [-0.2, -0.15) is 0 Å². The molecule has 0 spiro atoms. The molecule has 0 radical (unpaired) electrons. The Morgan fingerprint density at radius 1 is 1.18 bits per heavy atom. The molecule has 3 aromatic rings. The Hall–Kier alpha value is -2.82. The Kier molecular flexibility index (Phi) is 4.05. The number of amides is 1. The SMILES string of the molecule is Cc1ccc(OCCC(=O)Nc2nc3ccccc3[nH]2)cc1. The monoisotopic (exact) mass is 295 g/mol. The standard InChI is InChI=1S/C17H17N3O2/c1-12-6-8-13(9-7-12)22-11-10-16(21)20-17-18-14-4-2-3-5-15(14)19-17/h2-9H,10-11H2,1H3,(H2,18,19,20,21). The fourth-order valence-electron chi connectivity index (χ4n) is 2.10. The molecule has 1 heterocycles. The molecule has 2 aromatic carbocycles. The summed E-state index contributed by atoms with van der Waals surface area (Å²) in [7, 11) is 0. The number of ether oxygens (including phenoxy) is 1. The van der Waals surface area contributed by atoms with Crippen LogP contribution in [0.1, 0.15) is 12.0 Å². The van der Waals surface area contributed by atoms with E-state index >= 15 is 0 Å². The largest absolute Gasteiger partial charge is 0.493 e. The van der Waals surface area contributed by atoms with E-state index < -0.39 is 0 Å². The smallest absolute Gasteiger partial charge is 0.230 e. The summed E-state index contributed by atoms with van der Waals surface area (Å²) in [6.45, 7) is 2.35. The van der Waals surface area contributed by atoms with Crippen LogP contribution in [0.3, 0.4) is 0 Å². The quantitative estimate of drug-likeness (QED) is 0.759. The van der Waals surface area contributed by atoms with E-state index in [4.69, 9.17) is 4.74 Å². The molecule has 0 atom stereocenters. The number of nitrogens with one attached hydrogen (secondary N) is 2. The van der Waals surface area contributed by atoms with Crippen molar-refractivity contribution in [1.29, 1.82) is 0 Å². The van der Waals surface area contributed by atoms with Crippen molar-refractivity contribution in [3.05, 3.63) is 54.1 Å². The third-order valence-electron chi connectivity index (χ3n) is 3.27. The summed E-state index contributed by atoms with van der Waals surface area (Å²) >= 11 is 0. The van der Waals surface area contributed by atoms with Gasteiger partial charge in [-0.15, -0.1) is 0 Å². The fraction of sp³-hybridized carbons (Fsp3) is 0.176. The second-order valence-electron chi connectivity index (χ2n) is 5.06. The first-order chi connectivity index (χ1) is 10.7. The number of anilines is 1. The molecule has 2 N–H and O–H groups in total. The lowest BCUT2D eigenvalue weighted by Crippen LogP contribution is -2.16. The molecule has 0 saturated carbocycles. The number of carbonyl (C=O) groups excluding carboxylic acids is 1. The van der Waals surface area contributed by atoms with Gasteiger partial charge in [-0.05, 0) is 31.2 Å². The van der Waals surface area contributed by atoms with Crippen molar-refractivity contribution in [3.8, 4) is 5.75 Å². The van der Waals surface area contributed by atoms with Gasteiger partial charge >= 0.3 is 0 Å². The van der Waals surface area contributed by atoms with Crippen LogP contribution in [0.25, 0.3) is 11.0 Å². The van der Waals surface area contributed by atoms with E-state index in [9.17, 15) is 4.79 Å². The predicted octanol–water partition coefficient (Wildman–Crippen LogP) is 3.28. The first kappa shape index (κ1) is 14.1. The minimum absolute atomic E-state index is 0.133. The number of H-pyrrole nitrogens is 1. The van der Waals surface area contributed by atoms with Crippen LogP contribution in [0.15, 0.2) is 48.5 Å². The molecule has 0 saturated heterocycles. The van der Waals surface area contributed by atoms with Crippen LogP contribution in [-0.4, -0.2) is 22.5 Å². The minimum atomic E-state index is -0.133. The van der Waals surface area contributed by atoms with E-state index in [0.29, 0.717) is 12.6 Å². The zero-order valence-corrected chi connectivity index (χ0v) is 12.3. The van der Waals surface area contributed by atoms with Crippen LogP contribution in [0, 0.1) is 6.92 Å². The van der Waals surface area contributed by atoms with E-state index in [-0.39, 0.29) is 12.3 Å². The summed E-state index contributed by atoms with van der Waals surface area (Å²) in [5, 5.41) is 2.74. The summed E-state index contributed by atoms with van der Waals surface area (Å²) in [6.07, 6.45) is 0.269. The van der Waals surface area contributed by atoms with Gasteiger partial charge in [-0.1, -0.05) is 29.8 Å². The maximum absolute atomic E-state index is 11.9. The maximum Gasteiger partial charge on any atom is 0.230 e. The molecule has 0 aliphatic carbocycles. The molecule has 1 aromatic heterocycles. The van der Waals surface area contributed by atoms with Gasteiger partial charge < -0.3 is 9.72 Å². The van der Waals surface area contributed by atoms with Crippen LogP contribution < -0.4 is 10.1 Å². The highest BCUT2D eigenvalue weighted by Crippen LogP contribution is 2.14. The first-order valence-electron chi connectivity index (χ1n) is 7.15. The number of hydrogen-bond donors (Lipinski definition) is 2. The molecule has 112 valence electrons.